The fourth-order valence-electron chi connectivity index (χ4n) is 3.89. The van der Waals surface area contributed by atoms with Crippen LogP contribution in [0.1, 0.15) is 43.2 Å². The maximum atomic E-state index is 12.6. The molecule has 2 atom stereocenters. The smallest absolute Gasteiger partial charge is 0.407 e. The highest BCUT2D eigenvalue weighted by molar-refractivity contribution is 5.86. The number of nitrogens with one attached hydrogen (secondary N) is 2. The number of hydrogen-bond acceptors (Lipinski definition) is 6. The van der Waals surface area contributed by atoms with Gasteiger partial charge in [-0.25, -0.2) is 9.59 Å². The Hall–Kier alpha value is -3.90. The van der Waals surface area contributed by atoms with E-state index < -0.39 is 36.2 Å². The molecule has 1 aliphatic carbocycles. The van der Waals surface area contributed by atoms with Gasteiger partial charge in [0, 0.05) is 12.3 Å². The molecule has 0 heterocycles. The van der Waals surface area contributed by atoms with Gasteiger partial charge in [0.15, 0.2) is 5.60 Å². The zero-order valence-electron chi connectivity index (χ0n) is 18.8. The van der Waals surface area contributed by atoms with Crippen LogP contribution in [0.5, 0.6) is 0 Å². The molecule has 0 aromatic heterocycles. The molecule has 0 spiro atoms. The summed E-state index contributed by atoms with van der Waals surface area (Å²) < 4.78 is 5.47. The molecule has 9 nitrogen and oxygen atoms in total. The van der Waals surface area contributed by atoms with E-state index in [9.17, 15) is 19.5 Å². The second kappa shape index (κ2) is 10.8. The number of nitrogens with zero attached hydrogens (tertiary/aromatic N) is 1. The molecule has 9 heteroatoms. The number of alkyl carbamates (subject to hydrolysis) is 1. The van der Waals surface area contributed by atoms with E-state index in [0.29, 0.717) is 6.42 Å². The van der Waals surface area contributed by atoms with Crippen molar-refractivity contribution in [3.05, 3.63) is 59.7 Å². The van der Waals surface area contributed by atoms with Crippen LogP contribution in [-0.4, -0.2) is 53.0 Å². The van der Waals surface area contributed by atoms with Crippen molar-refractivity contribution in [3.8, 4) is 17.2 Å². The standard InChI is InChI=1S/C25H27N3O6/c1-25(33,23(30)31)15-27-22(29)21(12-6-7-13-26)28-24(32)34-14-20-18-10-4-2-8-16(18)17-9-3-5-11-19(17)20/h2-5,8-11,20-21,33H,6-7,12,14-15H2,1H3,(H,27,29)(H,28,32)(H,30,31). The Kier molecular flexibility index (Phi) is 7.87. The number of aliphatic hydroxyl groups is 1. The number of rotatable bonds is 10. The molecule has 2 unspecified atom stereocenters. The highest BCUT2D eigenvalue weighted by Crippen LogP contribution is 2.44. The highest BCUT2D eigenvalue weighted by atomic mass is 16.5. The Morgan fingerprint density at radius 3 is 2.26 bits per heavy atom. The van der Waals surface area contributed by atoms with Crippen LogP contribution in [0.4, 0.5) is 4.79 Å². The predicted octanol–water partition coefficient (Wildman–Crippen LogP) is 2.54. The summed E-state index contributed by atoms with van der Waals surface area (Å²) in [5, 5.41) is 32.4. The number of ether oxygens (including phenoxy) is 1. The maximum absolute atomic E-state index is 12.6. The summed E-state index contributed by atoms with van der Waals surface area (Å²) >= 11 is 0. The van der Waals surface area contributed by atoms with E-state index in [-0.39, 0.29) is 25.4 Å². The fourth-order valence-corrected chi connectivity index (χ4v) is 3.89. The van der Waals surface area contributed by atoms with Gasteiger partial charge in [0.25, 0.3) is 0 Å². The number of carbonyl (C=O) groups is 3. The van der Waals surface area contributed by atoms with E-state index in [1.54, 1.807) is 0 Å². The van der Waals surface area contributed by atoms with Crippen LogP contribution in [0.3, 0.4) is 0 Å². The SMILES string of the molecule is CC(O)(CNC(=O)C(CCCC#N)NC(=O)OCC1c2ccccc2-c2ccccc21)C(=O)O. The lowest BCUT2D eigenvalue weighted by Crippen LogP contribution is -2.52. The summed E-state index contributed by atoms with van der Waals surface area (Å²) in [6, 6.07) is 16.7. The van der Waals surface area contributed by atoms with Crippen molar-refractivity contribution in [2.45, 2.75) is 43.7 Å². The lowest BCUT2D eigenvalue weighted by molar-refractivity contribution is -0.156. The number of aliphatic carboxylic acids is 1. The zero-order valence-corrected chi connectivity index (χ0v) is 18.8. The number of fused-ring (bicyclic) bond motifs is 3. The first-order valence-corrected chi connectivity index (χ1v) is 11.0. The van der Waals surface area contributed by atoms with Crippen molar-refractivity contribution in [2.24, 2.45) is 0 Å². The van der Waals surface area contributed by atoms with E-state index in [1.165, 1.54) is 0 Å². The number of carboxylic acids is 1. The lowest BCUT2D eigenvalue weighted by Gasteiger charge is -2.22. The van der Waals surface area contributed by atoms with Gasteiger partial charge in [0.2, 0.25) is 5.91 Å². The van der Waals surface area contributed by atoms with Gasteiger partial charge in [-0.3, -0.25) is 4.79 Å². The average Bonchev–Trinajstić information content (AvgIpc) is 3.14. The van der Waals surface area contributed by atoms with E-state index in [2.05, 4.69) is 10.6 Å². The molecule has 0 saturated heterocycles. The first kappa shape index (κ1) is 24.7. The molecule has 2 aromatic rings. The quantitative estimate of drug-likeness (QED) is 0.394. The summed E-state index contributed by atoms with van der Waals surface area (Å²) in [6.07, 6.45) is -0.126. The highest BCUT2D eigenvalue weighted by Gasteiger charge is 2.32. The van der Waals surface area contributed by atoms with Crippen molar-refractivity contribution in [2.75, 3.05) is 13.2 Å². The molecule has 4 N–H and O–H groups in total. The van der Waals surface area contributed by atoms with Gasteiger partial charge in [-0.15, -0.1) is 0 Å². The summed E-state index contributed by atoms with van der Waals surface area (Å²) in [5.74, 6) is -2.30. The summed E-state index contributed by atoms with van der Waals surface area (Å²) in [6.45, 7) is 0.585. The summed E-state index contributed by atoms with van der Waals surface area (Å²) in [5.41, 5.74) is 2.13. The minimum absolute atomic E-state index is 0.0696. The molecule has 0 aliphatic heterocycles. The van der Waals surface area contributed by atoms with Crippen molar-refractivity contribution in [1.29, 1.82) is 5.26 Å². The van der Waals surface area contributed by atoms with Crippen molar-refractivity contribution in [1.82, 2.24) is 10.6 Å². The molecule has 2 aromatic carbocycles. The molecule has 3 rings (SSSR count). The molecule has 1 aliphatic rings. The van der Waals surface area contributed by atoms with Crippen molar-refractivity contribution >= 4 is 18.0 Å². The first-order valence-electron chi connectivity index (χ1n) is 11.0. The van der Waals surface area contributed by atoms with Gasteiger partial charge in [-0.1, -0.05) is 48.5 Å². The summed E-state index contributed by atoms with van der Waals surface area (Å²) in [4.78, 5) is 36.2. The maximum Gasteiger partial charge on any atom is 0.407 e. The fraction of sp³-hybridized carbons (Fsp3) is 0.360. The van der Waals surface area contributed by atoms with Crippen LogP contribution in [0, 0.1) is 11.3 Å². The van der Waals surface area contributed by atoms with E-state index >= 15 is 0 Å². The second-order valence-corrected chi connectivity index (χ2v) is 8.37. The van der Waals surface area contributed by atoms with Gasteiger partial charge in [-0.2, -0.15) is 5.26 Å². The minimum Gasteiger partial charge on any atom is -0.479 e. The third-order valence-corrected chi connectivity index (χ3v) is 5.80. The Bertz CT molecular complexity index is 1060. The van der Waals surface area contributed by atoms with Crippen LogP contribution in [0.15, 0.2) is 48.5 Å². The van der Waals surface area contributed by atoms with E-state index in [0.717, 1.165) is 29.2 Å². The van der Waals surface area contributed by atoms with E-state index in [1.807, 2.05) is 54.6 Å². The van der Waals surface area contributed by atoms with Crippen molar-refractivity contribution in [3.63, 3.8) is 0 Å². The number of carbonyl (C=O) groups excluding carboxylic acids is 2. The van der Waals surface area contributed by atoms with Crippen LogP contribution in [0.25, 0.3) is 11.1 Å². The molecule has 178 valence electrons. The molecule has 0 bridgehead atoms. The van der Waals surface area contributed by atoms with Crippen LogP contribution in [-0.2, 0) is 14.3 Å². The molecule has 34 heavy (non-hydrogen) atoms. The van der Waals surface area contributed by atoms with Crippen LogP contribution in [0.2, 0.25) is 0 Å². The number of unbranched alkanes of at least 4 members (excludes halogenated alkanes) is 1. The van der Waals surface area contributed by atoms with Crippen molar-refractivity contribution < 1.29 is 29.3 Å². The van der Waals surface area contributed by atoms with Crippen LogP contribution < -0.4 is 10.6 Å². The number of amides is 2. The molecule has 0 saturated carbocycles. The largest absolute Gasteiger partial charge is 0.479 e. The third-order valence-electron chi connectivity index (χ3n) is 5.80. The molecule has 2 amide bonds. The number of nitriles is 1. The Balaban J connectivity index is 1.64. The number of benzene rings is 2. The van der Waals surface area contributed by atoms with Gasteiger partial charge >= 0.3 is 12.1 Å². The molecular formula is C25H27N3O6. The second-order valence-electron chi connectivity index (χ2n) is 8.37. The van der Waals surface area contributed by atoms with Crippen LogP contribution >= 0.6 is 0 Å². The van der Waals surface area contributed by atoms with Gasteiger partial charge in [0.05, 0.1) is 12.6 Å². The van der Waals surface area contributed by atoms with Gasteiger partial charge in [0.1, 0.15) is 12.6 Å². The Morgan fingerprint density at radius 1 is 1.12 bits per heavy atom. The molecule has 0 radical (unpaired) electrons. The molecule has 0 fully saturated rings. The van der Waals surface area contributed by atoms with Gasteiger partial charge in [-0.05, 0) is 42.0 Å². The Labute approximate surface area is 197 Å². The minimum atomic E-state index is -2.16. The number of hydrogen-bond donors (Lipinski definition) is 4. The normalized spacial score (nSPS) is 14.6. The first-order chi connectivity index (χ1) is 16.2. The van der Waals surface area contributed by atoms with Gasteiger partial charge < -0.3 is 25.6 Å². The zero-order chi connectivity index (χ0) is 24.7. The lowest BCUT2D eigenvalue weighted by atomic mass is 9.98. The third kappa shape index (κ3) is 5.71. The summed E-state index contributed by atoms with van der Waals surface area (Å²) in [7, 11) is 0. The van der Waals surface area contributed by atoms with E-state index in [4.69, 9.17) is 15.1 Å². The number of carboxylic acid groups (broad SMARTS) is 1. The average molecular weight is 466 g/mol. The monoisotopic (exact) mass is 465 g/mol. The Morgan fingerprint density at radius 2 is 1.71 bits per heavy atom. The molecular weight excluding hydrogens is 438 g/mol. The topological polar surface area (TPSA) is 149 Å². The predicted molar refractivity (Wildman–Crippen MR) is 123 cm³/mol.